The predicted molar refractivity (Wildman–Crippen MR) is 127 cm³/mol. The molecule has 4 aliphatic rings. The van der Waals surface area contributed by atoms with E-state index in [2.05, 4.69) is 53.7 Å². The van der Waals surface area contributed by atoms with Gasteiger partial charge in [0.1, 0.15) is 12.1 Å². The first kappa shape index (κ1) is 21.0. The average molecular weight is 419 g/mol. The van der Waals surface area contributed by atoms with Crippen LogP contribution in [0.4, 0.5) is 0 Å². The number of nitrogens with zero attached hydrogens (tertiary/aromatic N) is 2. The Labute approximate surface area is 187 Å². The maximum atomic E-state index is 12.1. The van der Waals surface area contributed by atoms with Gasteiger partial charge in [-0.3, -0.25) is 4.79 Å². The SMILES string of the molecule is CC.CC12CCC3C(CC[C@H]4CC(=O)CCC34C)C1CC=C2n1cnc2ccccc21. The summed E-state index contributed by atoms with van der Waals surface area (Å²) in [6, 6.07) is 8.52. The Kier molecular flexibility index (Phi) is 5.14. The van der Waals surface area contributed by atoms with Gasteiger partial charge in [-0.1, -0.05) is 45.9 Å². The van der Waals surface area contributed by atoms with Gasteiger partial charge >= 0.3 is 0 Å². The molecule has 0 saturated heterocycles. The number of hydrogen-bond donors (Lipinski definition) is 0. The molecule has 6 rings (SSSR count). The molecule has 3 saturated carbocycles. The van der Waals surface area contributed by atoms with Crippen LogP contribution < -0.4 is 0 Å². The summed E-state index contributed by atoms with van der Waals surface area (Å²) in [6.07, 6.45) is 13.8. The number of hydrogen-bond acceptors (Lipinski definition) is 2. The number of para-hydroxylation sites is 2. The zero-order valence-corrected chi connectivity index (χ0v) is 19.7. The van der Waals surface area contributed by atoms with Crippen LogP contribution in [0.5, 0.6) is 0 Å². The number of allylic oxidation sites excluding steroid dienone is 2. The van der Waals surface area contributed by atoms with Gasteiger partial charge in [0.05, 0.1) is 11.0 Å². The summed E-state index contributed by atoms with van der Waals surface area (Å²) in [5.41, 5.74) is 4.46. The molecule has 1 aromatic carbocycles. The molecule has 1 aromatic heterocycles. The number of ketones is 1. The van der Waals surface area contributed by atoms with Crippen LogP contribution in [-0.2, 0) is 4.79 Å². The molecule has 3 fully saturated rings. The Bertz CT molecular complexity index is 1020. The van der Waals surface area contributed by atoms with Crippen molar-refractivity contribution in [3.05, 3.63) is 36.7 Å². The molecular weight excluding hydrogens is 380 g/mol. The highest BCUT2D eigenvalue weighted by Gasteiger charge is 2.58. The second kappa shape index (κ2) is 7.60. The largest absolute Gasteiger partial charge is 0.302 e. The third-order valence-corrected chi connectivity index (χ3v) is 9.73. The van der Waals surface area contributed by atoms with E-state index < -0.39 is 0 Å². The monoisotopic (exact) mass is 418 g/mol. The first-order chi connectivity index (χ1) is 15.0. The van der Waals surface area contributed by atoms with Gasteiger partial charge in [-0.15, -0.1) is 0 Å². The van der Waals surface area contributed by atoms with Crippen LogP contribution in [0, 0.1) is 34.5 Å². The highest BCUT2D eigenvalue weighted by molar-refractivity contribution is 5.80. The van der Waals surface area contributed by atoms with Crippen LogP contribution in [0.3, 0.4) is 0 Å². The van der Waals surface area contributed by atoms with E-state index in [4.69, 9.17) is 0 Å². The van der Waals surface area contributed by atoms with Crippen LogP contribution in [0.25, 0.3) is 16.7 Å². The summed E-state index contributed by atoms with van der Waals surface area (Å²) in [5, 5.41) is 0. The van der Waals surface area contributed by atoms with Gasteiger partial charge in [0.15, 0.2) is 0 Å². The van der Waals surface area contributed by atoms with Gasteiger partial charge in [-0.05, 0) is 79.7 Å². The Balaban J connectivity index is 0.000000994. The molecule has 2 aromatic rings. The fraction of sp³-hybridized carbons (Fsp3) is 0.643. The van der Waals surface area contributed by atoms with Crippen molar-refractivity contribution in [2.75, 3.05) is 0 Å². The molecule has 166 valence electrons. The number of Topliss-reactive ketones (excluding diaryl/α,β-unsaturated/α-hetero) is 1. The van der Waals surface area contributed by atoms with Crippen molar-refractivity contribution in [2.24, 2.45) is 34.5 Å². The lowest BCUT2D eigenvalue weighted by Gasteiger charge is -2.60. The first-order valence-electron chi connectivity index (χ1n) is 12.7. The lowest BCUT2D eigenvalue weighted by atomic mass is 9.45. The van der Waals surface area contributed by atoms with Crippen molar-refractivity contribution in [1.82, 2.24) is 9.55 Å². The van der Waals surface area contributed by atoms with Crippen LogP contribution in [0.2, 0.25) is 0 Å². The Morgan fingerprint density at radius 3 is 2.68 bits per heavy atom. The Morgan fingerprint density at radius 2 is 1.84 bits per heavy atom. The number of carbonyl (C=O) groups excluding carboxylic acids is 1. The Hall–Kier alpha value is -1.90. The lowest BCUT2D eigenvalue weighted by molar-refractivity contribution is -0.136. The van der Waals surface area contributed by atoms with Crippen molar-refractivity contribution >= 4 is 22.5 Å². The van der Waals surface area contributed by atoms with Gasteiger partial charge in [0.25, 0.3) is 0 Å². The molecule has 0 N–H and O–H groups in total. The summed E-state index contributed by atoms with van der Waals surface area (Å²) >= 11 is 0. The minimum atomic E-state index is 0.248. The molecule has 1 heterocycles. The summed E-state index contributed by atoms with van der Waals surface area (Å²) in [5.74, 6) is 3.52. The maximum absolute atomic E-state index is 12.1. The minimum Gasteiger partial charge on any atom is -0.302 e. The number of carbonyl (C=O) groups is 1. The number of aromatic nitrogens is 2. The highest BCUT2D eigenvalue weighted by atomic mass is 16.1. The Morgan fingerprint density at radius 1 is 1.03 bits per heavy atom. The van der Waals surface area contributed by atoms with Crippen LogP contribution in [0.1, 0.15) is 79.1 Å². The fourth-order valence-corrected chi connectivity index (χ4v) is 8.11. The molecule has 0 aliphatic heterocycles. The minimum absolute atomic E-state index is 0.248. The zero-order chi connectivity index (χ0) is 21.8. The van der Waals surface area contributed by atoms with Crippen molar-refractivity contribution in [2.45, 2.75) is 79.1 Å². The third-order valence-electron chi connectivity index (χ3n) is 9.73. The maximum Gasteiger partial charge on any atom is 0.133 e. The van der Waals surface area contributed by atoms with Crippen molar-refractivity contribution < 1.29 is 4.79 Å². The standard InChI is InChI=1S/C26H32N2O.C2H6/c1-25-13-11-18(29)15-17(25)7-8-19-20-9-10-24(26(20,2)14-12-21(19)25)28-16-27-22-5-3-4-6-23(22)28;1-2/h3-6,10,16-17,19-21H,7-9,11-15H2,1-2H3;1-2H3/t17-,19?,20?,21?,25?,26?;/m0./s1. The highest BCUT2D eigenvalue weighted by Crippen LogP contribution is 2.66. The second-order valence-corrected chi connectivity index (χ2v) is 10.8. The van der Waals surface area contributed by atoms with Crippen molar-refractivity contribution in [3.8, 4) is 0 Å². The van der Waals surface area contributed by atoms with Crippen molar-refractivity contribution in [3.63, 3.8) is 0 Å². The van der Waals surface area contributed by atoms with E-state index in [0.29, 0.717) is 17.1 Å². The second-order valence-electron chi connectivity index (χ2n) is 10.8. The fourth-order valence-electron chi connectivity index (χ4n) is 8.11. The normalized spacial score (nSPS) is 39.1. The van der Waals surface area contributed by atoms with E-state index in [1.807, 2.05) is 20.2 Å². The number of fused-ring (bicyclic) bond motifs is 6. The number of benzene rings is 1. The molecule has 0 amide bonds. The molecule has 3 heteroatoms. The van der Waals surface area contributed by atoms with Crippen LogP contribution in [0.15, 0.2) is 36.7 Å². The summed E-state index contributed by atoms with van der Waals surface area (Å²) in [6.45, 7) is 9.07. The lowest BCUT2D eigenvalue weighted by Crippen LogP contribution is -2.53. The molecule has 0 radical (unpaired) electrons. The quantitative estimate of drug-likeness (QED) is 0.494. The van der Waals surface area contributed by atoms with Crippen LogP contribution >= 0.6 is 0 Å². The van der Waals surface area contributed by atoms with E-state index in [1.54, 1.807) is 0 Å². The molecule has 6 atom stereocenters. The average Bonchev–Trinajstić information content (AvgIpc) is 3.36. The molecule has 0 bridgehead atoms. The molecular formula is C28H38N2O. The molecule has 0 spiro atoms. The van der Waals surface area contributed by atoms with E-state index >= 15 is 0 Å². The van der Waals surface area contributed by atoms with E-state index in [0.717, 1.165) is 42.5 Å². The molecule has 4 aliphatic carbocycles. The predicted octanol–water partition coefficient (Wildman–Crippen LogP) is 7.13. The van der Waals surface area contributed by atoms with Gasteiger partial charge in [-0.25, -0.2) is 4.98 Å². The van der Waals surface area contributed by atoms with Gasteiger partial charge < -0.3 is 4.57 Å². The third kappa shape index (κ3) is 2.98. The first-order valence-corrected chi connectivity index (χ1v) is 12.7. The van der Waals surface area contributed by atoms with E-state index in [1.165, 1.54) is 43.3 Å². The number of rotatable bonds is 1. The summed E-state index contributed by atoms with van der Waals surface area (Å²) < 4.78 is 2.38. The van der Waals surface area contributed by atoms with Gasteiger partial charge in [0.2, 0.25) is 0 Å². The van der Waals surface area contributed by atoms with E-state index in [-0.39, 0.29) is 5.41 Å². The zero-order valence-electron chi connectivity index (χ0n) is 19.7. The molecule has 3 nitrogen and oxygen atoms in total. The van der Waals surface area contributed by atoms with Crippen molar-refractivity contribution in [1.29, 1.82) is 0 Å². The van der Waals surface area contributed by atoms with Gasteiger partial charge in [0, 0.05) is 24.0 Å². The molecule has 5 unspecified atom stereocenters. The van der Waals surface area contributed by atoms with Crippen LogP contribution in [-0.4, -0.2) is 15.3 Å². The summed E-state index contributed by atoms with van der Waals surface area (Å²) in [4.78, 5) is 16.8. The molecule has 31 heavy (non-hydrogen) atoms. The smallest absolute Gasteiger partial charge is 0.133 e. The topological polar surface area (TPSA) is 34.9 Å². The van der Waals surface area contributed by atoms with Gasteiger partial charge in [-0.2, -0.15) is 0 Å². The number of imidazole rings is 1. The van der Waals surface area contributed by atoms with E-state index in [9.17, 15) is 4.79 Å². The summed E-state index contributed by atoms with van der Waals surface area (Å²) in [7, 11) is 0.